The Morgan fingerprint density at radius 2 is 1.74 bits per heavy atom. The van der Waals surface area contributed by atoms with E-state index in [1.165, 1.54) is 41.6 Å². The molecule has 0 fully saturated rings. The van der Waals surface area contributed by atoms with Crippen LogP contribution in [-0.2, 0) is 19.4 Å². The summed E-state index contributed by atoms with van der Waals surface area (Å²) < 4.78 is 2.19. The Kier molecular flexibility index (Phi) is 3.94. The van der Waals surface area contributed by atoms with Crippen LogP contribution in [0.4, 0.5) is 5.69 Å². The molecule has 0 unspecified atom stereocenters. The van der Waals surface area contributed by atoms with Crippen LogP contribution in [0.3, 0.4) is 0 Å². The van der Waals surface area contributed by atoms with Gasteiger partial charge in [0.05, 0.1) is 0 Å². The lowest BCUT2D eigenvalue weighted by molar-refractivity contribution is 0.912. The second-order valence-electron chi connectivity index (χ2n) is 4.94. The minimum atomic E-state index is 0.852. The molecule has 0 atom stereocenters. The van der Waals surface area contributed by atoms with Gasteiger partial charge in [0, 0.05) is 21.2 Å². The smallest absolute Gasteiger partial charge is 0.0401 e. The van der Waals surface area contributed by atoms with Gasteiger partial charge in [-0.15, -0.1) is 0 Å². The molecule has 1 N–H and O–H groups in total. The third-order valence-corrected chi connectivity index (χ3v) is 5.46. The molecule has 19 heavy (non-hydrogen) atoms. The lowest BCUT2D eigenvalue weighted by atomic mass is 10.1. The third-order valence-electron chi connectivity index (χ3n) is 3.58. The van der Waals surface area contributed by atoms with Gasteiger partial charge in [-0.05, 0) is 92.1 Å². The highest BCUT2D eigenvalue weighted by molar-refractivity contribution is 9.13. The molecule has 0 aromatic heterocycles. The van der Waals surface area contributed by atoms with Gasteiger partial charge in [-0.25, -0.2) is 0 Å². The Bertz CT molecular complexity index is 608. The van der Waals surface area contributed by atoms with Crippen LogP contribution in [0.2, 0.25) is 0 Å². The molecule has 0 radical (unpaired) electrons. The van der Waals surface area contributed by atoms with Gasteiger partial charge in [0.2, 0.25) is 0 Å². The van der Waals surface area contributed by atoms with Crippen molar-refractivity contribution in [3.05, 3.63) is 62.0 Å². The highest BCUT2D eigenvalue weighted by Crippen LogP contribution is 2.26. The number of rotatable bonds is 3. The molecule has 1 nitrogen and oxygen atoms in total. The molecular weight excluding hydrogens is 366 g/mol. The largest absolute Gasteiger partial charge is 0.381 e. The van der Waals surface area contributed by atoms with Crippen LogP contribution in [0.5, 0.6) is 0 Å². The first-order chi connectivity index (χ1) is 9.22. The summed E-state index contributed by atoms with van der Waals surface area (Å²) >= 11 is 7.03. The average Bonchev–Trinajstić information content (AvgIpc) is 2.87. The van der Waals surface area contributed by atoms with Crippen molar-refractivity contribution in [2.24, 2.45) is 0 Å². The second-order valence-corrected chi connectivity index (χ2v) is 6.65. The van der Waals surface area contributed by atoms with E-state index < -0.39 is 0 Å². The van der Waals surface area contributed by atoms with Crippen LogP contribution in [0.1, 0.15) is 23.1 Å². The van der Waals surface area contributed by atoms with Gasteiger partial charge in [-0.3, -0.25) is 0 Å². The third kappa shape index (κ3) is 3.03. The number of nitrogens with one attached hydrogen (secondary N) is 1. The highest BCUT2D eigenvalue weighted by atomic mass is 79.9. The zero-order valence-corrected chi connectivity index (χ0v) is 13.7. The Morgan fingerprint density at radius 3 is 2.58 bits per heavy atom. The number of aryl methyl sites for hydroxylation is 2. The van der Waals surface area contributed by atoms with Crippen molar-refractivity contribution in [1.82, 2.24) is 0 Å². The molecule has 3 heteroatoms. The summed E-state index contributed by atoms with van der Waals surface area (Å²) in [6.45, 7) is 0.852. The number of anilines is 1. The van der Waals surface area contributed by atoms with Crippen LogP contribution in [0.25, 0.3) is 0 Å². The van der Waals surface area contributed by atoms with E-state index in [0.29, 0.717) is 0 Å². The first-order valence-electron chi connectivity index (χ1n) is 6.52. The van der Waals surface area contributed by atoms with Crippen LogP contribution < -0.4 is 5.32 Å². The van der Waals surface area contributed by atoms with Gasteiger partial charge >= 0.3 is 0 Å². The van der Waals surface area contributed by atoms with Crippen LogP contribution in [-0.4, -0.2) is 0 Å². The van der Waals surface area contributed by atoms with Crippen molar-refractivity contribution >= 4 is 37.5 Å². The van der Waals surface area contributed by atoms with E-state index in [2.05, 4.69) is 73.6 Å². The molecule has 0 spiro atoms. The fraction of sp³-hybridized carbons (Fsp3) is 0.250. The van der Waals surface area contributed by atoms with Crippen molar-refractivity contribution in [2.75, 3.05) is 5.32 Å². The normalized spacial score (nSPS) is 13.4. The van der Waals surface area contributed by atoms with E-state index in [0.717, 1.165) is 15.5 Å². The summed E-state index contributed by atoms with van der Waals surface area (Å²) in [5.41, 5.74) is 5.54. The van der Waals surface area contributed by atoms with E-state index >= 15 is 0 Å². The van der Waals surface area contributed by atoms with Crippen molar-refractivity contribution in [2.45, 2.75) is 25.8 Å². The maximum atomic E-state index is 3.54. The summed E-state index contributed by atoms with van der Waals surface area (Å²) in [5.74, 6) is 0. The minimum absolute atomic E-state index is 0.852. The Morgan fingerprint density at radius 1 is 0.895 bits per heavy atom. The quantitative estimate of drug-likeness (QED) is 0.760. The van der Waals surface area contributed by atoms with Crippen molar-refractivity contribution in [1.29, 1.82) is 0 Å². The maximum absolute atomic E-state index is 3.54. The SMILES string of the molecule is Brc1ccc(CNc2ccc3c(c2)CCC3)cc1Br. The van der Waals surface area contributed by atoms with Crippen LogP contribution in [0.15, 0.2) is 45.3 Å². The summed E-state index contributed by atoms with van der Waals surface area (Å²) in [6.07, 6.45) is 3.78. The Hall–Kier alpha value is -0.800. The topological polar surface area (TPSA) is 12.0 Å². The predicted molar refractivity (Wildman–Crippen MR) is 87.6 cm³/mol. The second kappa shape index (κ2) is 5.68. The fourth-order valence-electron chi connectivity index (χ4n) is 2.54. The molecule has 0 saturated heterocycles. The molecule has 98 valence electrons. The van der Waals surface area contributed by atoms with Gasteiger partial charge in [0.25, 0.3) is 0 Å². The van der Waals surface area contributed by atoms with Gasteiger partial charge in [-0.1, -0.05) is 12.1 Å². The summed E-state index contributed by atoms with van der Waals surface area (Å²) in [5, 5.41) is 3.50. The number of halogens is 2. The maximum Gasteiger partial charge on any atom is 0.0401 e. The van der Waals surface area contributed by atoms with E-state index in [-0.39, 0.29) is 0 Å². The van der Waals surface area contributed by atoms with Crippen molar-refractivity contribution in [3.63, 3.8) is 0 Å². The minimum Gasteiger partial charge on any atom is -0.381 e. The van der Waals surface area contributed by atoms with Gasteiger partial charge < -0.3 is 5.32 Å². The Balaban J connectivity index is 1.70. The van der Waals surface area contributed by atoms with E-state index in [4.69, 9.17) is 0 Å². The lowest BCUT2D eigenvalue weighted by Crippen LogP contribution is -2.00. The van der Waals surface area contributed by atoms with Crippen LogP contribution in [0, 0.1) is 0 Å². The van der Waals surface area contributed by atoms with Crippen LogP contribution >= 0.6 is 31.9 Å². The fourth-order valence-corrected chi connectivity index (χ4v) is 3.21. The van der Waals surface area contributed by atoms with Crippen molar-refractivity contribution in [3.8, 4) is 0 Å². The monoisotopic (exact) mass is 379 g/mol. The first kappa shape index (κ1) is 13.2. The summed E-state index contributed by atoms with van der Waals surface area (Å²) in [7, 11) is 0. The van der Waals surface area contributed by atoms with Crippen molar-refractivity contribution < 1.29 is 0 Å². The number of fused-ring (bicyclic) bond motifs is 1. The molecule has 0 saturated carbocycles. The highest BCUT2D eigenvalue weighted by Gasteiger charge is 2.10. The zero-order chi connectivity index (χ0) is 13.2. The van der Waals surface area contributed by atoms with E-state index in [9.17, 15) is 0 Å². The van der Waals surface area contributed by atoms with Gasteiger partial charge in [0.1, 0.15) is 0 Å². The summed E-state index contributed by atoms with van der Waals surface area (Å²) in [6, 6.07) is 13.1. The average molecular weight is 381 g/mol. The molecule has 2 aromatic rings. The molecule has 3 rings (SSSR count). The van der Waals surface area contributed by atoms with E-state index in [1.54, 1.807) is 0 Å². The zero-order valence-electron chi connectivity index (χ0n) is 10.5. The molecular formula is C16H15Br2N. The first-order valence-corrected chi connectivity index (χ1v) is 8.10. The van der Waals surface area contributed by atoms with Gasteiger partial charge in [-0.2, -0.15) is 0 Å². The standard InChI is InChI=1S/C16H15Br2N/c17-15-7-4-11(8-16(15)18)10-19-14-6-5-12-2-1-3-13(12)9-14/h4-9,19H,1-3,10H2. The molecule has 2 aromatic carbocycles. The molecule has 0 heterocycles. The Labute approximate surface area is 130 Å². The van der Waals surface area contributed by atoms with Gasteiger partial charge in [0.15, 0.2) is 0 Å². The summed E-state index contributed by atoms with van der Waals surface area (Å²) in [4.78, 5) is 0. The number of hydrogen-bond donors (Lipinski definition) is 1. The number of hydrogen-bond acceptors (Lipinski definition) is 1. The molecule has 0 bridgehead atoms. The van der Waals surface area contributed by atoms with E-state index in [1.807, 2.05) is 0 Å². The number of benzene rings is 2. The molecule has 0 amide bonds. The molecule has 0 aliphatic heterocycles. The lowest BCUT2D eigenvalue weighted by Gasteiger charge is -2.09. The molecule has 1 aliphatic rings. The molecule has 1 aliphatic carbocycles. The predicted octanol–water partition coefficient (Wildman–Crippen LogP) is 5.31.